The van der Waals surface area contributed by atoms with Crippen LogP contribution in [0.15, 0.2) is 28.9 Å². The fourth-order valence-corrected chi connectivity index (χ4v) is 4.40. The molecule has 1 aliphatic carbocycles. The molecule has 6 heteroatoms. The molecule has 24 heavy (non-hydrogen) atoms. The van der Waals surface area contributed by atoms with E-state index in [9.17, 15) is 4.39 Å². The Labute approximate surface area is 154 Å². The van der Waals surface area contributed by atoms with Gasteiger partial charge in [0.05, 0.1) is 11.7 Å². The number of nitrogens with zero attached hydrogens (tertiary/aromatic N) is 2. The third-order valence-electron chi connectivity index (χ3n) is 4.86. The van der Waals surface area contributed by atoms with Gasteiger partial charge in [0.1, 0.15) is 5.82 Å². The number of aryl methyl sites for hydroxylation is 2. The Morgan fingerprint density at radius 3 is 2.71 bits per heavy atom. The van der Waals surface area contributed by atoms with Crippen molar-refractivity contribution >= 4 is 27.5 Å². The van der Waals surface area contributed by atoms with Gasteiger partial charge in [-0.2, -0.15) is 0 Å². The van der Waals surface area contributed by atoms with Crippen LogP contribution in [-0.4, -0.2) is 36.1 Å². The number of rotatable bonds is 1. The van der Waals surface area contributed by atoms with Crippen LogP contribution >= 0.6 is 27.5 Å². The number of pyridine rings is 1. The van der Waals surface area contributed by atoms with Gasteiger partial charge in [0.15, 0.2) is 0 Å². The number of hydrogen-bond donors (Lipinski definition) is 1. The van der Waals surface area contributed by atoms with Crippen molar-refractivity contribution in [1.82, 2.24) is 15.2 Å². The van der Waals surface area contributed by atoms with Crippen LogP contribution in [0.3, 0.4) is 0 Å². The third kappa shape index (κ3) is 2.99. The molecule has 1 N–H and O–H groups in total. The second-order valence-electron chi connectivity index (χ2n) is 6.35. The predicted octanol–water partition coefficient (Wildman–Crippen LogP) is 3.73. The molecule has 4 rings (SSSR count). The quantitative estimate of drug-likeness (QED) is 0.776. The third-order valence-corrected chi connectivity index (χ3v) is 5.51. The lowest BCUT2D eigenvalue weighted by atomic mass is 9.95. The molecule has 0 radical (unpaired) electrons. The van der Waals surface area contributed by atoms with Gasteiger partial charge in [-0.1, -0.05) is 11.6 Å². The van der Waals surface area contributed by atoms with Gasteiger partial charge < -0.3 is 5.32 Å². The fourth-order valence-electron chi connectivity index (χ4n) is 3.79. The zero-order chi connectivity index (χ0) is 16.7. The summed E-state index contributed by atoms with van der Waals surface area (Å²) in [5, 5.41) is 3.83. The summed E-state index contributed by atoms with van der Waals surface area (Å²) in [4.78, 5) is 7.02. The molecule has 1 aliphatic heterocycles. The van der Waals surface area contributed by atoms with Crippen molar-refractivity contribution in [3.05, 3.63) is 62.1 Å². The minimum absolute atomic E-state index is 0.148. The molecule has 2 aliphatic rings. The average molecular weight is 411 g/mol. The molecule has 1 aromatic carbocycles. The maximum atomic E-state index is 14.9. The molecule has 0 bridgehead atoms. The molecule has 126 valence electrons. The second kappa shape index (κ2) is 6.71. The summed E-state index contributed by atoms with van der Waals surface area (Å²) in [6.45, 7) is 3.58. The molecule has 3 nitrogen and oxygen atoms in total. The Hall–Kier alpha value is -1.01. The maximum absolute atomic E-state index is 14.9. The number of fused-ring (bicyclic) bond motifs is 2. The molecule has 0 spiro atoms. The summed E-state index contributed by atoms with van der Waals surface area (Å²) in [6, 6.07) is 5.31. The van der Waals surface area contributed by atoms with Gasteiger partial charge in [-0.25, -0.2) is 4.39 Å². The zero-order valence-corrected chi connectivity index (χ0v) is 15.5. The van der Waals surface area contributed by atoms with Gasteiger partial charge in [0.2, 0.25) is 0 Å². The molecule has 2 heterocycles. The Morgan fingerprint density at radius 2 is 1.92 bits per heavy atom. The summed E-state index contributed by atoms with van der Waals surface area (Å²) in [7, 11) is 0. The highest BCUT2D eigenvalue weighted by Crippen LogP contribution is 2.39. The van der Waals surface area contributed by atoms with E-state index < -0.39 is 0 Å². The van der Waals surface area contributed by atoms with E-state index in [1.54, 1.807) is 0 Å². The van der Waals surface area contributed by atoms with Crippen LogP contribution in [0.25, 0.3) is 0 Å². The minimum Gasteiger partial charge on any atom is -0.314 e. The first-order valence-electron chi connectivity index (χ1n) is 8.20. The molecule has 0 saturated carbocycles. The van der Waals surface area contributed by atoms with Crippen molar-refractivity contribution in [2.45, 2.75) is 18.9 Å². The van der Waals surface area contributed by atoms with Gasteiger partial charge in [0.25, 0.3) is 0 Å². The monoisotopic (exact) mass is 409 g/mol. The van der Waals surface area contributed by atoms with Crippen LogP contribution in [0.1, 0.15) is 28.4 Å². The SMILES string of the molecule is Fc1cc(Cl)cc2c1[C@H](N1CCNCC1)c1ncc(Br)cc1CC2. The molecule has 1 fully saturated rings. The highest BCUT2D eigenvalue weighted by Gasteiger charge is 2.33. The molecule has 1 aromatic heterocycles. The van der Waals surface area contributed by atoms with Crippen LogP contribution in [0, 0.1) is 5.82 Å². The number of hydrogen-bond acceptors (Lipinski definition) is 3. The Kier molecular flexibility index (Phi) is 4.60. The van der Waals surface area contributed by atoms with E-state index in [4.69, 9.17) is 11.6 Å². The Bertz CT molecular complexity index is 777. The van der Waals surface area contributed by atoms with E-state index in [-0.39, 0.29) is 11.9 Å². The van der Waals surface area contributed by atoms with Crippen molar-refractivity contribution in [2.75, 3.05) is 26.2 Å². The lowest BCUT2D eigenvalue weighted by molar-refractivity contribution is 0.192. The standard InChI is InChI=1S/C18H18BrClFN3/c19-13-7-12-2-1-11-8-14(20)9-15(21)16(11)18(17(12)23-10-13)24-5-3-22-4-6-24/h7-10,18,22H,1-6H2/t18-/m0/s1. The van der Waals surface area contributed by atoms with Gasteiger partial charge in [0, 0.05) is 47.4 Å². The lowest BCUT2D eigenvalue weighted by Crippen LogP contribution is -2.46. The first kappa shape index (κ1) is 16.5. The smallest absolute Gasteiger partial charge is 0.130 e. The van der Waals surface area contributed by atoms with Crippen LogP contribution in [0.2, 0.25) is 5.02 Å². The summed E-state index contributed by atoms with van der Waals surface area (Å²) in [5.74, 6) is -0.224. The summed E-state index contributed by atoms with van der Waals surface area (Å²) in [6.07, 6.45) is 3.44. The number of piperazine rings is 1. The maximum Gasteiger partial charge on any atom is 0.130 e. The molecular formula is C18H18BrClFN3. The topological polar surface area (TPSA) is 28.2 Å². The summed E-state index contributed by atoms with van der Waals surface area (Å²) < 4.78 is 15.9. The number of aromatic nitrogens is 1. The normalized spacial score (nSPS) is 21.0. The summed E-state index contributed by atoms with van der Waals surface area (Å²) >= 11 is 9.63. The largest absolute Gasteiger partial charge is 0.314 e. The lowest BCUT2D eigenvalue weighted by Gasteiger charge is -2.35. The molecule has 1 atom stereocenters. The van der Waals surface area contributed by atoms with Crippen molar-refractivity contribution in [2.24, 2.45) is 0 Å². The zero-order valence-electron chi connectivity index (χ0n) is 13.2. The van der Waals surface area contributed by atoms with Crippen LogP contribution in [-0.2, 0) is 12.8 Å². The molecule has 0 amide bonds. The highest BCUT2D eigenvalue weighted by atomic mass is 79.9. The predicted molar refractivity (Wildman–Crippen MR) is 97.0 cm³/mol. The molecule has 2 aromatic rings. The number of benzene rings is 1. The van der Waals surface area contributed by atoms with Crippen LogP contribution in [0.5, 0.6) is 0 Å². The van der Waals surface area contributed by atoms with Crippen molar-refractivity contribution in [3.63, 3.8) is 0 Å². The van der Waals surface area contributed by atoms with Gasteiger partial charge in [-0.05, 0) is 58.1 Å². The second-order valence-corrected chi connectivity index (χ2v) is 7.70. The van der Waals surface area contributed by atoms with E-state index in [1.807, 2.05) is 12.3 Å². The Balaban J connectivity index is 1.91. The van der Waals surface area contributed by atoms with Crippen molar-refractivity contribution in [1.29, 1.82) is 0 Å². The average Bonchev–Trinajstić information content (AvgIpc) is 2.72. The first-order valence-corrected chi connectivity index (χ1v) is 9.37. The van der Waals surface area contributed by atoms with Crippen molar-refractivity contribution in [3.8, 4) is 0 Å². The van der Waals surface area contributed by atoms with E-state index in [2.05, 4.69) is 37.2 Å². The van der Waals surface area contributed by atoms with Crippen molar-refractivity contribution < 1.29 is 4.39 Å². The van der Waals surface area contributed by atoms with Gasteiger partial charge in [-0.15, -0.1) is 0 Å². The van der Waals surface area contributed by atoms with E-state index in [1.165, 1.54) is 11.6 Å². The van der Waals surface area contributed by atoms with Gasteiger partial charge in [-0.3, -0.25) is 9.88 Å². The Morgan fingerprint density at radius 1 is 1.17 bits per heavy atom. The minimum atomic E-state index is -0.224. The molecule has 0 unspecified atom stereocenters. The fraction of sp³-hybridized carbons (Fsp3) is 0.389. The summed E-state index contributed by atoms with van der Waals surface area (Å²) in [5.41, 5.74) is 3.90. The highest BCUT2D eigenvalue weighted by molar-refractivity contribution is 9.10. The number of halogens is 3. The van der Waals surface area contributed by atoms with Crippen LogP contribution in [0.4, 0.5) is 4.39 Å². The van der Waals surface area contributed by atoms with E-state index >= 15 is 0 Å². The van der Waals surface area contributed by atoms with Crippen LogP contribution < -0.4 is 5.32 Å². The molecular weight excluding hydrogens is 393 g/mol. The number of nitrogens with one attached hydrogen (secondary N) is 1. The van der Waals surface area contributed by atoms with Gasteiger partial charge >= 0.3 is 0 Å². The molecule has 1 saturated heterocycles. The first-order chi connectivity index (χ1) is 11.6. The van der Waals surface area contributed by atoms with E-state index in [0.29, 0.717) is 5.02 Å². The van der Waals surface area contributed by atoms with E-state index in [0.717, 1.165) is 60.3 Å².